The van der Waals surface area contributed by atoms with Gasteiger partial charge in [-0.15, -0.1) is 0 Å². The van der Waals surface area contributed by atoms with Crippen molar-refractivity contribution in [2.75, 3.05) is 0 Å². The second-order valence-corrected chi connectivity index (χ2v) is 14.9. The molecule has 0 saturated heterocycles. The van der Waals surface area contributed by atoms with Gasteiger partial charge in [-0.1, -0.05) is 152 Å². The highest BCUT2D eigenvalue weighted by atomic mass is 15.2. The maximum atomic E-state index is 5.57. The van der Waals surface area contributed by atoms with Crippen LogP contribution in [0.25, 0.3) is 121 Å². The molecule has 1 aliphatic heterocycles. The Labute approximate surface area is 321 Å². The Morgan fingerprint density at radius 2 is 0.893 bits per heavy atom. The standard InChI is InChI=1S/C52H30N4/c1-3-16-33-31(13-1)15-11-22-39(33)50-42-28-27-32-14-2-4-17-34(32)49(42)53-52(54-50)56-46-26-10-8-21-38(46)43-29-47-44(30-48(43)56)41-24-12-23-40-36-19-6-5-18-35(36)37-20-7-9-25-45(37)55(47)51(40)41/h1-30H. The summed E-state index contributed by atoms with van der Waals surface area (Å²) < 4.78 is 4.79. The Bertz CT molecular complexity index is 3650. The first-order valence-electron chi connectivity index (χ1n) is 19.2. The van der Waals surface area contributed by atoms with E-state index < -0.39 is 0 Å². The van der Waals surface area contributed by atoms with Crippen molar-refractivity contribution in [2.45, 2.75) is 0 Å². The third-order valence-corrected chi connectivity index (χ3v) is 12.1. The van der Waals surface area contributed by atoms with Crippen LogP contribution in [0, 0.1) is 0 Å². The van der Waals surface area contributed by atoms with Gasteiger partial charge in [-0.3, -0.25) is 4.57 Å². The van der Waals surface area contributed by atoms with Crippen molar-refractivity contribution in [1.82, 2.24) is 19.1 Å². The molecule has 0 N–H and O–H groups in total. The zero-order chi connectivity index (χ0) is 36.5. The molecule has 4 heterocycles. The summed E-state index contributed by atoms with van der Waals surface area (Å²) in [4.78, 5) is 11.1. The number of hydrogen-bond donors (Lipinski definition) is 0. The lowest BCUT2D eigenvalue weighted by atomic mass is 9.94. The molecule has 0 unspecified atom stereocenters. The quantitative estimate of drug-likeness (QED) is 0.167. The highest BCUT2D eigenvalue weighted by Crippen LogP contribution is 2.48. The van der Waals surface area contributed by atoms with Crippen LogP contribution in [0.1, 0.15) is 0 Å². The molecule has 4 heteroatoms. The largest absolute Gasteiger partial charge is 0.308 e. The average molecular weight is 711 g/mol. The molecule has 56 heavy (non-hydrogen) atoms. The average Bonchev–Trinajstić information content (AvgIpc) is 3.72. The third-order valence-electron chi connectivity index (χ3n) is 12.1. The van der Waals surface area contributed by atoms with Crippen molar-refractivity contribution in [3.63, 3.8) is 0 Å². The van der Waals surface area contributed by atoms with E-state index >= 15 is 0 Å². The molecule has 9 aromatic carbocycles. The van der Waals surface area contributed by atoms with E-state index in [1.807, 2.05) is 0 Å². The lowest BCUT2D eigenvalue weighted by Crippen LogP contribution is -2.04. The first-order valence-corrected chi connectivity index (χ1v) is 19.2. The molecule has 258 valence electrons. The zero-order valence-electron chi connectivity index (χ0n) is 30.1. The van der Waals surface area contributed by atoms with Crippen LogP contribution in [0.3, 0.4) is 0 Å². The topological polar surface area (TPSA) is 35.6 Å². The van der Waals surface area contributed by atoms with E-state index in [1.165, 1.54) is 71.3 Å². The minimum atomic E-state index is 0.659. The summed E-state index contributed by atoms with van der Waals surface area (Å²) in [6.45, 7) is 0. The number of hydrogen-bond acceptors (Lipinski definition) is 2. The highest BCUT2D eigenvalue weighted by Gasteiger charge is 2.26. The van der Waals surface area contributed by atoms with Gasteiger partial charge in [-0.25, -0.2) is 9.97 Å². The van der Waals surface area contributed by atoms with Gasteiger partial charge in [0.1, 0.15) is 0 Å². The van der Waals surface area contributed by atoms with Gasteiger partial charge in [0.05, 0.1) is 39.0 Å². The van der Waals surface area contributed by atoms with Crippen molar-refractivity contribution in [3.8, 4) is 45.1 Å². The first kappa shape index (κ1) is 29.8. The zero-order valence-corrected chi connectivity index (χ0v) is 30.1. The monoisotopic (exact) mass is 710 g/mol. The molecule has 12 aromatic rings. The van der Waals surface area contributed by atoms with Crippen molar-refractivity contribution >= 4 is 76.1 Å². The molecule has 0 amide bonds. The molecule has 0 atom stereocenters. The Hall–Kier alpha value is -7.56. The van der Waals surface area contributed by atoms with E-state index in [0.717, 1.165) is 44.0 Å². The van der Waals surface area contributed by atoms with Crippen LogP contribution >= 0.6 is 0 Å². The van der Waals surface area contributed by atoms with Crippen molar-refractivity contribution in [3.05, 3.63) is 182 Å². The number of nitrogens with zero attached hydrogens (tertiary/aromatic N) is 4. The minimum Gasteiger partial charge on any atom is -0.308 e. The molecule has 0 radical (unpaired) electrons. The van der Waals surface area contributed by atoms with E-state index in [1.54, 1.807) is 0 Å². The van der Waals surface area contributed by atoms with Crippen LogP contribution in [-0.2, 0) is 0 Å². The van der Waals surface area contributed by atoms with E-state index in [-0.39, 0.29) is 0 Å². The summed E-state index contributed by atoms with van der Waals surface area (Å²) in [7, 11) is 0. The summed E-state index contributed by atoms with van der Waals surface area (Å²) in [6, 6.07) is 66.0. The molecule has 0 spiro atoms. The molecule has 0 bridgehead atoms. The first-order chi connectivity index (χ1) is 27.8. The second-order valence-electron chi connectivity index (χ2n) is 14.9. The van der Waals surface area contributed by atoms with E-state index in [0.29, 0.717) is 5.95 Å². The summed E-state index contributed by atoms with van der Waals surface area (Å²) >= 11 is 0. The third kappa shape index (κ3) is 3.92. The van der Waals surface area contributed by atoms with Gasteiger partial charge in [-0.2, -0.15) is 0 Å². The Morgan fingerprint density at radius 3 is 1.75 bits per heavy atom. The molecule has 4 nitrogen and oxygen atoms in total. The summed E-state index contributed by atoms with van der Waals surface area (Å²) in [5.41, 5.74) is 13.7. The maximum Gasteiger partial charge on any atom is 0.235 e. The van der Waals surface area contributed by atoms with Crippen LogP contribution in [0.15, 0.2) is 182 Å². The van der Waals surface area contributed by atoms with Gasteiger partial charge >= 0.3 is 0 Å². The molecule has 0 fully saturated rings. The molecule has 1 aliphatic rings. The van der Waals surface area contributed by atoms with Crippen LogP contribution in [-0.4, -0.2) is 19.1 Å². The van der Waals surface area contributed by atoms with Gasteiger partial charge in [0.25, 0.3) is 0 Å². The molecule has 3 aromatic heterocycles. The van der Waals surface area contributed by atoms with E-state index in [9.17, 15) is 0 Å². The normalized spacial score (nSPS) is 12.3. The lowest BCUT2D eigenvalue weighted by molar-refractivity contribution is 1.02. The SMILES string of the molecule is c1ccc2c(c1)-c1ccccc1-n1c3cc4c5ccccc5n(-c5nc(-c6cccc7ccccc67)c6ccc7ccccc7c6n5)c4cc3c3cccc-2c31. The van der Waals surface area contributed by atoms with Gasteiger partial charge in [-0.05, 0) is 57.6 Å². The fraction of sp³-hybridized carbons (Fsp3) is 0. The Kier molecular flexibility index (Phi) is 5.86. The lowest BCUT2D eigenvalue weighted by Gasteiger charge is -2.15. The van der Waals surface area contributed by atoms with Crippen LogP contribution in [0.2, 0.25) is 0 Å². The molecule has 0 saturated carbocycles. The van der Waals surface area contributed by atoms with Gasteiger partial charge < -0.3 is 4.57 Å². The van der Waals surface area contributed by atoms with Crippen LogP contribution < -0.4 is 0 Å². The fourth-order valence-corrected chi connectivity index (χ4v) is 9.65. The van der Waals surface area contributed by atoms with Crippen molar-refractivity contribution in [2.24, 2.45) is 0 Å². The summed E-state index contributed by atoms with van der Waals surface area (Å²) in [6.07, 6.45) is 0. The minimum absolute atomic E-state index is 0.659. The Balaban J connectivity index is 1.19. The molecular formula is C52H30N4. The van der Waals surface area contributed by atoms with Gasteiger partial charge in [0.15, 0.2) is 0 Å². The van der Waals surface area contributed by atoms with Crippen LogP contribution in [0.5, 0.6) is 0 Å². The molecule has 0 aliphatic carbocycles. The summed E-state index contributed by atoms with van der Waals surface area (Å²) in [5.74, 6) is 0.659. The number of aromatic nitrogens is 4. The number of para-hydroxylation sites is 3. The van der Waals surface area contributed by atoms with E-state index in [2.05, 4.69) is 191 Å². The van der Waals surface area contributed by atoms with Crippen molar-refractivity contribution < 1.29 is 0 Å². The van der Waals surface area contributed by atoms with Crippen LogP contribution in [0.4, 0.5) is 0 Å². The molecular weight excluding hydrogens is 681 g/mol. The predicted octanol–water partition coefficient (Wildman–Crippen LogP) is 13.4. The number of rotatable bonds is 2. The number of benzene rings is 9. The molecule has 13 rings (SSSR count). The fourth-order valence-electron chi connectivity index (χ4n) is 9.65. The van der Waals surface area contributed by atoms with Crippen molar-refractivity contribution in [1.29, 1.82) is 0 Å². The maximum absolute atomic E-state index is 5.57. The highest BCUT2D eigenvalue weighted by molar-refractivity contribution is 6.22. The predicted molar refractivity (Wildman–Crippen MR) is 233 cm³/mol. The number of fused-ring (bicyclic) bond motifs is 15. The Morgan fingerprint density at radius 1 is 0.321 bits per heavy atom. The van der Waals surface area contributed by atoms with Gasteiger partial charge in [0, 0.05) is 49.0 Å². The van der Waals surface area contributed by atoms with Gasteiger partial charge in [0.2, 0.25) is 5.95 Å². The smallest absolute Gasteiger partial charge is 0.235 e. The second kappa shape index (κ2) is 11.0. The summed E-state index contributed by atoms with van der Waals surface area (Å²) in [5, 5.41) is 10.4. The van der Waals surface area contributed by atoms with E-state index in [4.69, 9.17) is 9.97 Å².